The number of carbonyl (C=O) groups excluding carboxylic acids is 3. The topological polar surface area (TPSA) is 69.7 Å². The molecule has 1 unspecified atom stereocenters. The van der Waals surface area contributed by atoms with Gasteiger partial charge in [-0.3, -0.25) is 14.4 Å². The van der Waals surface area contributed by atoms with Crippen LogP contribution in [0.1, 0.15) is 57.6 Å². The lowest BCUT2D eigenvalue weighted by atomic mass is 9.94. The van der Waals surface area contributed by atoms with Crippen molar-refractivity contribution in [3.05, 3.63) is 29.3 Å². The lowest BCUT2D eigenvalue weighted by Gasteiger charge is -2.34. The highest BCUT2D eigenvalue weighted by Gasteiger charge is 2.41. The second kappa shape index (κ2) is 8.05. The first kappa shape index (κ1) is 20.9. The molecule has 1 aromatic rings. The van der Waals surface area contributed by atoms with Gasteiger partial charge in [0.2, 0.25) is 17.7 Å². The number of rotatable bonds is 3. The van der Waals surface area contributed by atoms with E-state index >= 15 is 0 Å². The van der Waals surface area contributed by atoms with E-state index in [2.05, 4.69) is 17.4 Å². The van der Waals surface area contributed by atoms with E-state index < -0.39 is 0 Å². The van der Waals surface area contributed by atoms with Crippen LogP contribution in [-0.2, 0) is 27.2 Å². The summed E-state index contributed by atoms with van der Waals surface area (Å²) in [6.07, 6.45) is 5.07. The van der Waals surface area contributed by atoms with Crippen LogP contribution >= 0.6 is 0 Å². The van der Waals surface area contributed by atoms with Crippen LogP contribution in [0.15, 0.2) is 18.2 Å². The molecule has 30 heavy (non-hydrogen) atoms. The number of amides is 3. The maximum Gasteiger partial charge on any atom is 0.227 e. The molecule has 1 aliphatic carbocycles. The van der Waals surface area contributed by atoms with E-state index in [4.69, 9.17) is 0 Å². The quantitative estimate of drug-likeness (QED) is 0.831. The van der Waals surface area contributed by atoms with Gasteiger partial charge in [-0.05, 0) is 76.1 Å². The van der Waals surface area contributed by atoms with E-state index in [9.17, 15) is 14.4 Å². The van der Waals surface area contributed by atoms with Crippen molar-refractivity contribution < 1.29 is 14.4 Å². The number of nitrogens with zero attached hydrogens (tertiary/aromatic N) is 2. The Balaban J connectivity index is 1.29. The summed E-state index contributed by atoms with van der Waals surface area (Å²) in [6.45, 7) is 7.68. The van der Waals surface area contributed by atoms with E-state index in [-0.39, 0.29) is 35.1 Å². The zero-order chi connectivity index (χ0) is 21.5. The van der Waals surface area contributed by atoms with Crippen molar-refractivity contribution >= 4 is 23.4 Å². The fourth-order valence-corrected chi connectivity index (χ4v) is 5.04. The van der Waals surface area contributed by atoms with Gasteiger partial charge in [-0.2, -0.15) is 0 Å². The Morgan fingerprint density at radius 1 is 1.03 bits per heavy atom. The first-order valence-electron chi connectivity index (χ1n) is 11.2. The number of nitrogens with one attached hydrogen (secondary N) is 1. The van der Waals surface area contributed by atoms with Gasteiger partial charge >= 0.3 is 0 Å². The van der Waals surface area contributed by atoms with Gasteiger partial charge in [-0.15, -0.1) is 0 Å². The maximum atomic E-state index is 12.9. The average molecular weight is 412 g/mol. The molecule has 0 saturated carbocycles. The second-order valence-corrected chi connectivity index (χ2v) is 10.0. The minimum absolute atomic E-state index is 0.0509. The zero-order valence-corrected chi connectivity index (χ0v) is 18.4. The summed E-state index contributed by atoms with van der Waals surface area (Å²) < 4.78 is 0. The molecule has 2 heterocycles. The normalized spacial score (nSPS) is 22.4. The largest absolute Gasteiger partial charge is 0.342 e. The third-order valence-corrected chi connectivity index (χ3v) is 6.83. The molecule has 3 aliphatic rings. The highest BCUT2D eigenvalue weighted by atomic mass is 16.2. The molecule has 0 spiro atoms. The molecule has 6 nitrogen and oxygen atoms in total. The minimum Gasteiger partial charge on any atom is -0.342 e. The van der Waals surface area contributed by atoms with Crippen LogP contribution in [0.4, 0.5) is 5.69 Å². The smallest absolute Gasteiger partial charge is 0.227 e. The van der Waals surface area contributed by atoms with Gasteiger partial charge in [0.15, 0.2) is 0 Å². The van der Waals surface area contributed by atoms with Gasteiger partial charge in [0.25, 0.3) is 0 Å². The van der Waals surface area contributed by atoms with Crippen molar-refractivity contribution in [2.45, 2.75) is 64.8 Å². The Morgan fingerprint density at radius 2 is 1.73 bits per heavy atom. The molecule has 162 valence electrons. The first-order valence-corrected chi connectivity index (χ1v) is 11.2. The Kier molecular flexibility index (Phi) is 5.60. The van der Waals surface area contributed by atoms with E-state index in [1.807, 2.05) is 36.6 Å². The minimum atomic E-state index is -0.256. The summed E-state index contributed by atoms with van der Waals surface area (Å²) in [7, 11) is 0. The summed E-state index contributed by atoms with van der Waals surface area (Å²) >= 11 is 0. The molecule has 0 radical (unpaired) electrons. The SMILES string of the molecule is CC(C)(C)N1CC(C(=O)N2CCC(C(=O)Nc3ccc4c(c3)CCC4)CC2)CC1=O. The molecule has 2 aliphatic heterocycles. The molecule has 1 aromatic carbocycles. The maximum absolute atomic E-state index is 12.9. The third-order valence-electron chi connectivity index (χ3n) is 6.83. The molecular formula is C24H33N3O3. The van der Waals surface area contributed by atoms with Crippen molar-refractivity contribution in [1.82, 2.24) is 9.80 Å². The number of aryl methyl sites for hydroxylation is 2. The number of anilines is 1. The molecule has 6 heteroatoms. The monoisotopic (exact) mass is 411 g/mol. The van der Waals surface area contributed by atoms with Crippen molar-refractivity contribution in [3.8, 4) is 0 Å². The number of piperidine rings is 1. The lowest BCUT2D eigenvalue weighted by Crippen LogP contribution is -2.46. The molecule has 2 saturated heterocycles. The van der Waals surface area contributed by atoms with Gasteiger partial charge in [0, 0.05) is 43.2 Å². The van der Waals surface area contributed by atoms with Gasteiger partial charge in [-0.1, -0.05) is 6.07 Å². The number of carbonyl (C=O) groups is 3. The fourth-order valence-electron chi connectivity index (χ4n) is 5.04. The summed E-state index contributed by atoms with van der Waals surface area (Å²) in [5.41, 5.74) is 3.37. The molecule has 2 fully saturated rings. The molecule has 0 bridgehead atoms. The van der Waals surface area contributed by atoms with Crippen LogP contribution in [0.5, 0.6) is 0 Å². The number of likely N-dealkylation sites (tertiary alicyclic amines) is 2. The van der Waals surface area contributed by atoms with Gasteiger partial charge < -0.3 is 15.1 Å². The van der Waals surface area contributed by atoms with Crippen molar-refractivity contribution in [1.29, 1.82) is 0 Å². The predicted molar refractivity (Wildman–Crippen MR) is 116 cm³/mol. The van der Waals surface area contributed by atoms with Crippen LogP contribution < -0.4 is 5.32 Å². The van der Waals surface area contributed by atoms with Crippen LogP contribution in [-0.4, -0.2) is 52.7 Å². The fraction of sp³-hybridized carbons (Fsp3) is 0.625. The predicted octanol–water partition coefficient (Wildman–Crippen LogP) is 3.00. The van der Waals surface area contributed by atoms with Gasteiger partial charge in [0.1, 0.15) is 0 Å². The van der Waals surface area contributed by atoms with E-state index in [0.29, 0.717) is 38.9 Å². The Bertz CT molecular complexity index is 850. The summed E-state index contributed by atoms with van der Waals surface area (Å²) in [6, 6.07) is 6.23. The van der Waals surface area contributed by atoms with E-state index in [0.717, 1.165) is 18.5 Å². The van der Waals surface area contributed by atoms with Crippen LogP contribution in [0.25, 0.3) is 0 Å². The van der Waals surface area contributed by atoms with Gasteiger partial charge in [0.05, 0.1) is 5.92 Å². The van der Waals surface area contributed by atoms with Crippen LogP contribution in [0.3, 0.4) is 0 Å². The van der Waals surface area contributed by atoms with E-state index in [1.165, 1.54) is 17.5 Å². The number of fused-ring (bicyclic) bond motifs is 1. The van der Waals surface area contributed by atoms with Crippen LogP contribution in [0, 0.1) is 11.8 Å². The molecule has 3 amide bonds. The molecule has 1 N–H and O–H groups in total. The molecule has 4 rings (SSSR count). The highest BCUT2D eigenvalue weighted by Crippen LogP contribution is 2.29. The average Bonchev–Trinajstić information content (AvgIpc) is 3.33. The summed E-state index contributed by atoms with van der Waals surface area (Å²) in [5, 5.41) is 3.08. The third kappa shape index (κ3) is 4.23. The van der Waals surface area contributed by atoms with Crippen molar-refractivity contribution in [2.75, 3.05) is 25.0 Å². The first-order chi connectivity index (χ1) is 14.2. The van der Waals surface area contributed by atoms with Crippen molar-refractivity contribution in [2.24, 2.45) is 11.8 Å². The number of benzene rings is 1. The summed E-state index contributed by atoms with van der Waals surface area (Å²) in [4.78, 5) is 41.6. The Hall–Kier alpha value is -2.37. The van der Waals surface area contributed by atoms with Crippen LogP contribution in [0.2, 0.25) is 0 Å². The Morgan fingerprint density at radius 3 is 2.40 bits per heavy atom. The zero-order valence-electron chi connectivity index (χ0n) is 18.4. The highest BCUT2D eigenvalue weighted by molar-refractivity contribution is 5.93. The molecule has 0 aromatic heterocycles. The lowest BCUT2D eigenvalue weighted by molar-refractivity contribution is -0.138. The van der Waals surface area contributed by atoms with Crippen molar-refractivity contribution in [3.63, 3.8) is 0 Å². The second-order valence-electron chi connectivity index (χ2n) is 10.0. The van der Waals surface area contributed by atoms with E-state index in [1.54, 1.807) is 0 Å². The summed E-state index contributed by atoms with van der Waals surface area (Å²) in [5.74, 6) is -0.154. The number of hydrogen-bond donors (Lipinski definition) is 1. The standard InChI is InChI=1S/C24H33N3O3/c1-24(2,3)27-15-19(14-21(27)28)23(30)26-11-9-17(10-12-26)22(29)25-20-8-7-16-5-4-6-18(16)13-20/h7-8,13,17,19H,4-6,9-12,14-15H2,1-3H3,(H,25,29). The van der Waals surface area contributed by atoms with Gasteiger partial charge in [-0.25, -0.2) is 0 Å². The number of hydrogen-bond acceptors (Lipinski definition) is 3. The molecule has 1 atom stereocenters. The Labute approximate surface area is 179 Å². The molecular weight excluding hydrogens is 378 g/mol.